The molecule has 6 nitrogen and oxygen atoms in total. The van der Waals surface area contributed by atoms with E-state index in [9.17, 15) is 23.7 Å². The number of anilines is 1. The van der Waals surface area contributed by atoms with E-state index in [4.69, 9.17) is 16.3 Å². The smallest absolute Gasteiger partial charge is 0.305 e. The van der Waals surface area contributed by atoms with Crippen LogP contribution in [0.3, 0.4) is 0 Å². The minimum atomic E-state index is -1.08. The van der Waals surface area contributed by atoms with Crippen LogP contribution < -0.4 is 10.1 Å². The molecule has 2 aromatic carbocycles. The quantitative estimate of drug-likeness (QED) is 0.665. The van der Waals surface area contributed by atoms with Gasteiger partial charge < -0.3 is 10.1 Å². The lowest BCUT2D eigenvalue weighted by Gasteiger charge is -2.09. The van der Waals surface area contributed by atoms with Gasteiger partial charge >= 0.3 is 5.69 Å². The molecule has 2 aromatic rings. The second kappa shape index (κ2) is 7.01. The highest BCUT2D eigenvalue weighted by Crippen LogP contribution is 2.23. The van der Waals surface area contributed by atoms with E-state index in [2.05, 4.69) is 5.32 Å². The third-order valence-corrected chi connectivity index (χ3v) is 3.02. The Labute approximate surface area is 133 Å². The summed E-state index contributed by atoms with van der Waals surface area (Å²) in [5, 5.41) is 12.9. The van der Waals surface area contributed by atoms with Crippen LogP contribution in [0.5, 0.6) is 5.75 Å². The fourth-order valence-electron chi connectivity index (χ4n) is 1.65. The molecule has 0 aliphatic carbocycles. The first-order valence-electron chi connectivity index (χ1n) is 6.18. The maximum Gasteiger partial charge on any atom is 0.305 e. The molecular formula is C14H9ClF2N2O4. The Morgan fingerprint density at radius 1 is 1.26 bits per heavy atom. The van der Waals surface area contributed by atoms with Crippen LogP contribution >= 0.6 is 11.6 Å². The van der Waals surface area contributed by atoms with Gasteiger partial charge in [0.2, 0.25) is 5.82 Å². The van der Waals surface area contributed by atoms with Gasteiger partial charge in [0.05, 0.1) is 15.6 Å². The zero-order chi connectivity index (χ0) is 17.0. The number of nitrogens with zero attached hydrogens (tertiary/aromatic N) is 1. The van der Waals surface area contributed by atoms with Crippen LogP contribution in [0.25, 0.3) is 0 Å². The number of benzene rings is 2. The van der Waals surface area contributed by atoms with Crippen LogP contribution in [-0.4, -0.2) is 17.4 Å². The van der Waals surface area contributed by atoms with Crippen molar-refractivity contribution in [1.29, 1.82) is 0 Å². The SMILES string of the molecule is O=C(COc1ccc([N+](=O)[O-])c(F)c1)Nc1cc(F)ccc1Cl. The van der Waals surface area contributed by atoms with Crippen molar-refractivity contribution in [3.8, 4) is 5.75 Å². The van der Waals surface area contributed by atoms with E-state index in [1.54, 1.807) is 0 Å². The van der Waals surface area contributed by atoms with Crippen molar-refractivity contribution in [2.75, 3.05) is 11.9 Å². The van der Waals surface area contributed by atoms with E-state index in [-0.39, 0.29) is 16.5 Å². The van der Waals surface area contributed by atoms with Crippen LogP contribution in [0.1, 0.15) is 0 Å². The summed E-state index contributed by atoms with van der Waals surface area (Å²) < 4.78 is 31.5. The largest absolute Gasteiger partial charge is 0.484 e. The van der Waals surface area contributed by atoms with E-state index in [1.165, 1.54) is 6.07 Å². The van der Waals surface area contributed by atoms with Gasteiger partial charge in [0.25, 0.3) is 5.91 Å². The number of rotatable bonds is 5. The number of hydrogen-bond acceptors (Lipinski definition) is 4. The molecule has 120 valence electrons. The number of carbonyl (C=O) groups excluding carboxylic acids is 1. The van der Waals surface area contributed by atoms with Crippen molar-refractivity contribution in [1.82, 2.24) is 0 Å². The highest BCUT2D eigenvalue weighted by molar-refractivity contribution is 6.33. The maximum atomic E-state index is 13.4. The molecule has 0 saturated carbocycles. The van der Waals surface area contributed by atoms with Gasteiger partial charge in [-0.05, 0) is 24.3 Å². The number of carbonyl (C=O) groups is 1. The van der Waals surface area contributed by atoms with Crippen LogP contribution in [0, 0.1) is 21.7 Å². The number of nitro benzene ring substituents is 1. The molecule has 0 fully saturated rings. The Kier molecular flexibility index (Phi) is 5.07. The van der Waals surface area contributed by atoms with Gasteiger partial charge in [-0.25, -0.2) is 4.39 Å². The molecule has 0 atom stereocenters. The average molecular weight is 343 g/mol. The monoisotopic (exact) mass is 342 g/mol. The van der Waals surface area contributed by atoms with Gasteiger partial charge in [-0.1, -0.05) is 11.6 Å². The number of ether oxygens (including phenoxy) is 1. The standard InChI is InChI=1S/C14H9ClF2N2O4/c15-10-3-1-8(16)5-12(10)18-14(20)7-23-9-2-4-13(19(21)22)11(17)6-9/h1-6H,7H2,(H,18,20). The number of nitro groups is 1. The average Bonchev–Trinajstić information content (AvgIpc) is 2.48. The molecule has 0 spiro atoms. The Balaban J connectivity index is 1.98. The lowest BCUT2D eigenvalue weighted by atomic mass is 10.3. The molecule has 0 aliphatic rings. The molecule has 0 unspecified atom stereocenters. The molecule has 2 rings (SSSR count). The minimum absolute atomic E-state index is 0.0615. The third kappa shape index (κ3) is 4.36. The minimum Gasteiger partial charge on any atom is -0.484 e. The summed E-state index contributed by atoms with van der Waals surface area (Å²) in [5.74, 6) is -2.38. The molecule has 0 saturated heterocycles. The number of amides is 1. The molecule has 1 N–H and O–H groups in total. The van der Waals surface area contributed by atoms with Crippen LogP contribution in [0.15, 0.2) is 36.4 Å². The van der Waals surface area contributed by atoms with Crippen molar-refractivity contribution >= 4 is 28.9 Å². The molecule has 0 heterocycles. The lowest BCUT2D eigenvalue weighted by molar-refractivity contribution is -0.387. The van der Waals surface area contributed by atoms with Gasteiger partial charge in [-0.2, -0.15) is 4.39 Å². The van der Waals surface area contributed by atoms with Gasteiger partial charge in [-0.3, -0.25) is 14.9 Å². The van der Waals surface area contributed by atoms with Crippen molar-refractivity contribution in [2.45, 2.75) is 0 Å². The Morgan fingerprint density at radius 3 is 2.65 bits per heavy atom. The Bertz CT molecular complexity index is 770. The van der Waals surface area contributed by atoms with E-state index < -0.39 is 34.8 Å². The Morgan fingerprint density at radius 2 is 2.00 bits per heavy atom. The number of halogens is 3. The lowest BCUT2D eigenvalue weighted by Crippen LogP contribution is -2.20. The predicted octanol–water partition coefficient (Wildman–Crippen LogP) is 3.54. The first kappa shape index (κ1) is 16.6. The van der Waals surface area contributed by atoms with Crippen molar-refractivity contribution < 1.29 is 23.2 Å². The molecule has 0 radical (unpaired) electrons. The van der Waals surface area contributed by atoms with Gasteiger partial charge in [0.15, 0.2) is 6.61 Å². The fourth-order valence-corrected chi connectivity index (χ4v) is 1.82. The molecule has 0 aliphatic heterocycles. The summed E-state index contributed by atoms with van der Waals surface area (Å²) in [7, 11) is 0. The van der Waals surface area contributed by atoms with Crippen LogP contribution in [0.2, 0.25) is 5.02 Å². The van der Waals surface area contributed by atoms with E-state index in [0.717, 1.165) is 30.3 Å². The summed E-state index contributed by atoms with van der Waals surface area (Å²) >= 11 is 5.79. The predicted molar refractivity (Wildman–Crippen MR) is 78.6 cm³/mol. The summed E-state index contributed by atoms with van der Waals surface area (Å²) in [6.45, 7) is -0.510. The van der Waals surface area contributed by atoms with Crippen molar-refractivity contribution in [3.63, 3.8) is 0 Å². The Hall–Kier alpha value is -2.74. The van der Waals surface area contributed by atoms with Gasteiger partial charge in [0, 0.05) is 12.1 Å². The van der Waals surface area contributed by atoms with Crippen molar-refractivity contribution in [3.05, 3.63) is 63.2 Å². The van der Waals surface area contributed by atoms with E-state index in [1.807, 2.05) is 0 Å². The first-order chi connectivity index (χ1) is 10.9. The van der Waals surface area contributed by atoms with Gasteiger partial charge in [-0.15, -0.1) is 0 Å². The van der Waals surface area contributed by atoms with Crippen LogP contribution in [0.4, 0.5) is 20.2 Å². The van der Waals surface area contributed by atoms with Gasteiger partial charge in [0.1, 0.15) is 11.6 Å². The van der Waals surface area contributed by atoms with E-state index in [0.29, 0.717) is 0 Å². The summed E-state index contributed by atoms with van der Waals surface area (Å²) in [4.78, 5) is 21.3. The number of nitrogens with one attached hydrogen (secondary N) is 1. The molecule has 0 bridgehead atoms. The number of hydrogen-bond donors (Lipinski definition) is 1. The zero-order valence-electron chi connectivity index (χ0n) is 11.4. The fraction of sp³-hybridized carbons (Fsp3) is 0.0714. The maximum absolute atomic E-state index is 13.4. The normalized spacial score (nSPS) is 10.2. The zero-order valence-corrected chi connectivity index (χ0v) is 12.1. The topological polar surface area (TPSA) is 81.5 Å². The van der Waals surface area contributed by atoms with Crippen LogP contribution in [-0.2, 0) is 4.79 Å². The first-order valence-corrected chi connectivity index (χ1v) is 6.56. The summed E-state index contributed by atoms with van der Waals surface area (Å²) in [6.07, 6.45) is 0. The highest BCUT2D eigenvalue weighted by atomic mass is 35.5. The molecule has 1 amide bonds. The second-order valence-corrected chi connectivity index (χ2v) is 4.74. The molecule has 23 heavy (non-hydrogen) atoms. The van der Waals surface area contributed by atoms with Crippen molar-refractivity contribution in [2.24, 2.45) is 0 Å². The summed E-state index contributed by atoms with van der Waals surface area (Å²) in [5.41, 5.74) is -0.636. The molecular weight excluding hydrogens is 334 g/mol. The highest BCUT2D eigenvalue weighted by Gasteiger charge is 2.15. The molecule has 0 aromatic heterocycles. The molecule has 9 heteroatoms. The third-order valence-electron chi connectivity index (χ3n) is 2.69. The van der Waals surface area contributed by atoms with E-state index >= 15 is 0 Å². The summed E-state index contributed by atoms with van der Waals surface area (Å²) in [6, 6.07) is 6.31. The second-order valence-electron chi connectivity index (χ2n) is 4.33.